The molecule has 0 amide bonds. The lowest BCUT2D eigenvalue weighted by molar-refractivity contribution is 0.0455. The second kappa shape index (κ2) is 5.07. The first-order chi connectivity index (χ1) is 8.85. The molecule has 19 heavy (non-hydrogen) atoms. The third-order valence-corrected chi connectivity index (χ3v) is 2.69. The zero-order valence-electron chi connectivity index (χ0n) is 11.5. The molecule has 6 heteroatoms. The molecule has 1 heterocycles. The van der Waals surface area contributed by atoms with Crippen LogP contribution in [-0.2, 0) is 0 Å². The third-order valence-electron chi connectivity index (χ3n) is 2.69. The highest BCUT2D eigenvalue weighted by atomic mass is 16.4. The Morgan fingerprint density at radius 1 is 1.47 bits per heavy atom. The minimum Gasteiger partial charge on any atom is -0.424 e. The van der Waals surface area contributed by atoms with Crippen molar-refractivity contribution in [3.8, 4) is 0 Å². The molecule has 1 unspecified atom stereocenters. The summed E-state index contributed by atoms with van der Waals surface area (Å²) in [6, 6.07) is 5.68. The summed E-state index contributed by atoms with van der Waals surface area (Å²) >= 11 is 0. The van der Waals surface area contributed by atoms with Crippen molar-refractivity contribution in [2.45, 2.75) is 12.5 Å². The van der Waals surface area contributed by atoms with Crippen molar-refractivity contribution >= 4 is 22.8 Å². The van der Waals surface area contributed by atoms with Crippen LogP contribution in [0.2, 0.25) is 0 Å². The van der Waals surface area contributed by atoms with Crippen LogP contribution in [0.5, 0.6) is 0 Å². The predicted molar refractivity (Wildman–Crippen MR) is 76.1 cm³/mol. The van der Waals surface area contributed by atoms with Crippen LogP contribution >= 0.6 is 0 Å². The SMILES string of the molecule is CN(C)CC(C)(O)CNc1nc2cc(N)ccc2o1. The highest BCUT2D eigenvalue weighted by Crippen LogP contribution is 2.21. The summed E-state index contributed by atoms with van der Waals surface area (Å²) < 4.78 is 5.52. The van der Waals surface area contributed by atoms with Gasteiger partial charge in [-0.25, -0.2) is 0 Å². The van der Waals surface area contributed by atoms with Gasteiger partial charge >= 0.3 is 0 Å². The molecular weight excluding hydrogens is 244 g/mol. The van der Waals surface area contributed by atoms with Gasteiger partial charge in [0.1, 0.15) is 5.52 Å². The Bertz CT molecular complexity index is 563. The lowest BCUT2D eigenvalue weighted by Gasteiger charge is -2.26. The van der Waals surface area contributed by atoms with Gasteiger partial charge in [-0.3, -0.25) is 0 Å². The van der Waals surface area contributed by atoms with Gasteiger partial charge in [-0.2, -0.15) is 4.98 Å². The molecule has 1 aromatic heterocycles. The first-order valence-corrected chi connectivity index (χ1v) is 6.13. The third kappa shape index (κ3) is 3.59. The maximum absolute atomic E-state index is 10.2. The van der Waals surface area contributed by atoms with E-state index in [1.165, 1.54) is 0 Å². The quantitative estimate of drug-likeness (QED) is 0.702. The number of nitrogens with two attached hydrogens (primary N) is 1. The van der Waals surface area contributed by atoms with E-state index in [-0.39, 0.29) is 0 Å². The number of nitrogens with zero attached hydrogens (tertiary/aromatic N) is 2. The molecule has 2 aromatic rings. The van der Waals surface area contributed by atoms with Crippen molar-refractivity contribution in [2.24, 2.45) is 0 Å². The number of likely N-dealkylation sites (N-methyl/N-ethyl adjacent to an activating group) is 1. The second-order valence-corrected chi connectivity index (χ2v) is 5.33. The fraction of sp³-hybridized carbons (Fsp3) is 0.462. The van der Waals surface area contributed by atoms with Crippen LogP contribution in [0.4, 0.5) is 11.7 Å². The van der Waals surface area contributed by atoms with Crippen molar-refractivity contribution in [1.82, 2.24) is 9.88 Å². The molecular formula is C13H20N4O2. The normalized spacial score (nSPS) is 14.8. The smallest absolute Gasteiger partial charge is 0.295 e. The van der Waals surface area contributed by atoms with E-state index < -0.39 is 5.60 Å². The number of oxazole rings is 1. The van der Waals surface area contributed by atoms with Crippen molar-refractivity contribution in [2.75, 3.05) is 38.2 Å². The van der Waals surface area contributed by atoms with Crippen molar-refractivity contribution in [3.63, 3.8) is 0 Å². The highest BCUT2D eigenvalue weighted by molar-refractivity contribution is 5.78. The largest absolute Gasteiger partial charge is 0.424 e. The van der Waals surface area contributed by atoms with E-state index in [1.54, 1.807) is 25.1 Å². The van der Waals surface area contributed by atoms with E-state index in [2.05, 4.69) is 10.3 Å². The van der Waals surface area contributed by atoms with Crippen molar-refractivity contribution in [1.29, 1.82) is 0 Å². The first-order valence-electron chi connectivity index (χ1n) is 6.13. The first kappa shape index (κ1) is 13.6. The summed E-state index contributed by atoms with van der Waals surface area (Å²) in [5.74, 6) is 0. The van der Waals surface area contributed by atoms with Gasteiger partial charge in [0.2, 0.25) is 0 Å². The summed E-state index contributed by atoms with van der Waals surface area (Å²) in [6.07, 6.45) is 0. The minimum atomic E-state index is -0.858. The molecule has 0 aliphatic heterocycles. The van der Waals surface area contributed by atoms with E-state index in [9.17, 15) is 5.11 Å². The number of aromatic nitrogens is 1. The Balaban J connectivity index is 2.05. The highest BCUT2D eigenvalue weighted by Gasteiger charge is 2.21. The number of hydrogen-bond donors (Lipinski definition) is 3. The van der Waals surface area contributed by atoms with E-state index in [0.717, 1.165) is 0 Å². The lowest BCUT2D eigenvalue weighted by atomic mass is 10.1. The van der Waals surface area contributed by atoms with Gasteiger partial charge in [0, 0.05) is 18.8 Å². The summed E-state index contributed by atoms with van der Waals surface area (Å²) in [5.41, 5.74) is 6.84. The Kier molecular flexibility index (Phi) is 3.64. The number of hydrogen-bond acceptors (Lipinski definition) is 6. The Hall–Kier alpha value is -1.79. The van der Waals surface area contributed by atoms with Crippen molar-refractivity contribution in [3.05, 3.63) is 18.2 Å². The molecule has 104 valence electrons. The molecule has 1 atom stereocenters. The molecule has 0 bridgehead atoms. The van der Waals surface area contributed by atoms with Crippen LogP contribution in [0.15, 0.2) is 22.6 Å². The van der Waals surface area contributed by atoms with Crippen molar-refractivity contribution < 1.29 is 9.52 Å². The van der Waals surface area contributed by atoms with Crippen LogP contribution in [0.3, 0.4) is 0 Å². The molecule has 0 radical (unpaired) electrons. The number of fused-ring (bicyclic) bond motifs is 1. The molecule has 6 nitrogen and oxygen atoms in total. The predicted octanol–water partition coefficient (Wildman–Crippen LogP) is 1.13. The van der Waals surface area contributed by atoms with Gasteiger partial charge in [0.15, 0.2) is 5.58 Å². The van der Waals surface area contributed by atoms with Crippen LogP contribution in [0.25, 0.3) is 11.1 Å². The van der Waals surface area contributed by atoms with Crippen LogP contribution < -0.4 is 11.1 Å². The molecule has 4 N–H and O–H groups in total. The molecule has 0 saturated heterocycles. The summed E-state index contributed by atoms with van der Waals surface area (Å²) in [4.78, 5) is 6.20. The fourth-order valence-corrected chi connectivity index (χ4v) is 2.02. The number of rotatable bonds is 5. The maximum Gasteiger partial charge on any atom is 0.295 e. The number of anilines is 2. The molecule has 0 aliphatic carbocycles. The zero-order chi connectivity index (χ0) is 14.0. The Morgan fingerprint density at radius 3 is 2.89 bits per heavy atom. The van der Waals surface area contributed by atoms with Gasteiger partial charge in [-0.1, -0.05) is 0 Å². The number of nitrogen functional groups attached to an aromatic ring is 1. The van der Waals surface area contributed by atoms with E-state index in [1.807, 2.05) is 19.0 Å². The average Bonchev–Trinajstić information content (AvgIpc) is 2.66. The van der Waals surface area contributed by atoms with Gasteiger partial charge in [0.05, 0.1) is 5.60 Å². The van der Waals surface area contributed by atoms with E-state index >= 15 is 0 Å². The monoisotopic (exact) mass is 264 g/mol. The zero-order valence-corrected chi connectivity index (χ0v) is 11.5. The summed E-state index contributed by atoms with van der Waals surface area (Å²) in [5, 5.41) is 13.2. The molecule has 0 spiro atoms. The van der Waals surface area contributed by atoms with Gasteiger partial charge in [-0.15, -0.1) is 0 Å². The molecule has 0 saturated carbocycles. The standard InChI is InChI=1S/C13H20N4O2/c1-13(18,8-17(2)3)7-15-12-16-10-6-9(14)4-5-11(10)19-12/h4-6,18H,7-8,14H2,1-3H3,(H,15,16). The topological polar surface area (TPSA) is 87.5 Å². The molecule has 0 aliphatic rings. The van der Waals surface area contributed by atoms with Gasteiger partial charge in [-0.05, 0) is 39.2 Å². The molecule has 2 rings (SSSR count). The Morgan fingerprint density at radius 2 is 2.21 bits per heavy atom. The Labute approximate surface area is 112 Å². The lowest BCUT2D eigenvalue weighted by Crippen LogP contribution is -2.43. The fourth-order valence-electron chi connectivity index (χ4n) is 2.02. The van der Waals surface area contributed by atoms with E-state index in [4.69, 9.17) is 10.2 Å². The van der Waals surface area contributed by atoms with Gasteiger partial charge < -0.3 is 25.5 Å². The number of nitrogens with one attached hydrogen (secondary N) is 1. The average molecular weight is 264 g/mol. The number of aliphatic hydroxyl groups is 1. The van der Waals surface area contributed by atoms with Crippen LogP contribution in [-0.4, -0.2) is 47.8 Å². The summed E-state index contributed by atoms with van der Waals surface area (Å²) in [7, 11) is 3.83. The molecule has 1 aromatic carbocycles. The van der Waals surface area contributed by atoms with Gasteiger partial charge in [0.25, 0.3) is 6.01 Å². The second-order valence-electron chi connectivity index (χ2n) is 5.33. The van der Waals surface area contributed by atoms with E-state index in [0.29, 0.717) is 35.9 Å². The molecule has 0 fully saturated rings. The summed E-state index contributed by atoms with van der Waals surface area (Å²) in [6.45, 7) is 2.67. The minimum absolute atomic E-state index is 0.355. The van der Waals surface area contributed by atoms with Crippen LogP contribution in [0, 0.1) is 0 Å². The van der Waals surface area contributed by atoms with Crippen LogP contribution in [0.1, 0.15) is 6.92 Å². The number of benzene rings is 1. The maximum atomic E-state index is 10.2.